The predicted molar refractivity (Wildman–Crippen MR) is 55.0 cm³/mol. The molecule has 0 heterocycles. The number of hydrogen-bond acceptors (Lipinski definition) is 3. The average Bonchev–Trinajstić information content (AvgIpc) is 2.16. The van der Waals surface area contributed by atoms with Crippen molar-refractivity contribution in [2.45, 2.75) is 44.5 Å². The largest absolute Gasteiger partial charge is 0.386 e. The highest BCUT2D eigenvalue weighted by Gasteiger charge is 2.34. The van der Waals surface area contributed by atoms with Gasteiger partial charge in [0.2, 0.25) is 0 Å². The summed E-state index contributed by atoms with van der Waals surface area (Å²) in [5.41, 5.74) is 0.357. The van der Waals surface area contributed by atoms with Gasteiger partial charge in [-0.05, 0) is 25.8 Å². The Balaban J connectivity index is 2.72. The summed E-state index contributed by atoms with van der Waals surface area (Å²) < 4.78 is 10.7. The maximum Gasteiger partial charge on any atom is 0.171 e. The van der Waals surface area contributed by atoms with Crippen LogP contribution in [0.25, 0.3) is 0 Å². The Hall–Kier alpha value is -0.380. The molecule has 0 bridgehead atoms. The zero-order valence-electron chi connectivity index (χ0n) is 9.46. The first kappa shape index (κ1) is 11.7. The molecular weight excluding hydrogens is 180 g/mol. The minimum Gasteiger partial charge on any atom is -0.386 e. The lowest BCUT2D eigenvalue weighted by Crippen LogP contribution is -2.37. The fourth-order valence-corrected chi connectivity index (χ4v) is 1.82. The van der Waals surface area contributed by atoms with E-state index in [0.717, 1.165) is 18.4 Å². The molecule has 0 spiro atoms. The van der Waals surface area contributed by atoms with Crippen LogP contribution in [0.4, 0.5) is 0 Å². The first-order valence-electron chi connectivity index (χ1n) is 4.96. The van der Waals surface area contributed by atoms with Crippen molar-refractivity contribution in [3.8, 4) is 0 Å². The van der Waals surface area contributed by atoms with Crippen LogP contribution in [0.5, 0.6) is 0 Å². The van der Waals surface area contributed by atoms with Gasteiger partial charge in [-0.1, -0.05) is 6.08 Å². The number of rotatable bonds is 3. The topological polar surface area (TPSA) is 38.7 Å². The van der Waals surface area contributed by atoms with Crippen molar-refractivity contribution in [1.82, 2.24) is 0 Å². The van der Waals surface area contributed by atoms with Gasteiger partial charge in [-0.15, -0.1) is 0 Å². The third kappa shape index (κ3) is 2.35. The highest BCUT2D eigenvalue weighted by Crippen LogP contribution is 2.34. The molecule has 0 radical (unpaired) electrons. The van der Waals surface area contributed by atoms with Crippen molar-refractivity contribution < 1.29 is 14.6 Å². The summed E-state index contributed by atoms with van der Waals surface area (Å²) in [6.07, 6.45) is 4.36. The second-order valence-electron chi connectivity index (χ2n) is 4.31. The van der Waals surface area contributed by atoms with Gasteiger partial charge in [-0.2, -0.15) is 0 Å². The molecule has 0 saturated carbocycles. The summed E-state index contributed by atoms with van der Waals surface area (Å²) in [6, 6.07) is 0. The SMILES string of the molecule is COC1(OC)CC=C(C(C)(C)O)CC1. The molecule has 1 aliphatic carbocycles. The zero-order valence-corrected chi connectivity index (χ0v) is 9.46. The van der Waals surface area contributed by atoms with Gasteiger partial charge in [0.1, 0.15) is 0 Å². The summed E-state index contributed by atoms with van der Waals surface area (Å²) in [4.78, 5) is 0. The van der Waals surface area contributed by atoms with Crippen LogP contribution in [0, 0.1) is 0 Å². The third-order valence-corrected chi connectivity index (χ3v) is 2.96. The smallest absolute Gasteiger partial charge is 0.171 e. The Bertz CT molecular complexity index is 221. The monoisotopic (exact) mass is 200 g/mol. The van der Waals surface area contributed by atoms with Crippen LogP contribution in [-0.4, -0.2) is 30.7 Å². The number of hydrogen-bond donors (Lipinski definition) is 1. The standard InChI is InChI=1S/C11H20O3/c1-10(2,12)9-5-7-11(13-3,14-4)8-6-9/h5,12H,6-8H2,1-4H3. The molecular formula is C11H20O3. The van der Waals surface area contributed by atoms with Crippen molar-refractivity contribution in [1.29, 1.82) is 0 Å². The van der Waals surface area contributed by atoms with Crippen LogP contribution >= 0.6 is 0 Å². The van der Waals surface area contributed by atoms with Crippen LogP contribution in [0.15, 0.2) is 11.6 Å². The van der Waals surface area contributed by atoms with Crippen LogP contribution < -0.4 is 0 Å². The number of aliphatic hydroxyl groups is 1. The van der Waals surface area contributed by atoms with Crippen molar-refractivity contribution in [2.75, 3.05) is 14.2 Å². The molecule has 0 atom stereocenters. The van der Waals surface area contributed by atoms with E-state index in [1.807, 2.05) is 19.9 Å². The molecule has 82 valence electrons. The van der Waals surface area contributed by atoms with Gasteiger partial charge < -0.3 is 14.6 Å². The zero-order chi connectivity index (χ0) is 10.8. The molecule has 0 aliphatic heterocycles. The van der Waals surface area contributed by atoms with Gasteiger partial charge in [-0.3, -0.25) is 0 Å². The minimum absolute atomic E-state index is 0.477. The minimum atomic E-state index is -0.715. The van der Waals surface area contributed by atoms with Gasteiger partial charge >= 0.3 is 0 Å². The van der Waals surface area contributed by atoms with Gasteiger partial charge in [0.15, 0.2) is 5.79 Å². The fourth-order valence-electron chi connectivity index (χ4n) is 1.82. The molecule has 0 unspecified atom stereocenters. The van der Waals surface area contributed by atoms with E-state index in [0.29, 0.717) is 6.42 Å². The lowest BCUT2D eigenvalue weighted by atomic mass is 9.85. The molecule has 0 fully saturated rings. The summed E-state index contributed by atoms with van der Waals surface area (Å²) in [5, 5.41) is 9.81. The Labute approximate surface area is 85.7 Å². The van der Waals surface area contributed by atoms with E-state index in [4.69, 9.17) is 9.47 Å². The number of ether oxygens (including phenoxy) is 2. The van der Waals surface area contributed by atoms with Gasteiger partial charge in [0.05, 0.1) is 5.60 Å². The molecule has 1 aliphatic rings. The van der Waals surface area contributed by atoms with Crippen molar-refractivity contribution in [2.24, 2.45) is 0 Å². The lowest BCUT2D eigenvalue weighted by Gasteiger charge is -2.36. The van der Waals surface area contributed by atoms with Gasteiger partial charge in [-0.25, -0.2) is 0 Å². The Morgan fingerprint density at radius 1 is 1.36 bits per heavy atom. The fraction of sp³-hybridized carbons (Fsp3) is 0.818. The second-order valence-corrected chi connectivity index (χ2v) is 4.31. The molecule has 3 nitrogen and oxygen atoms in total. The lowest BCUT2D eigenvalue weighted by molar-refractivity contribution is -0.211. The van der Waals surface area contributed by atoms with Crippen LogP contribution in [0.2, 0.25) is 0 Å². The normalized spacial score (nSPS) is 21.9. The Morgan fingerprint density at radius 3 is 2.21 bits per heavy atom. The van der Waals surface area contributed by atoms with Gasteiger partial charge in [0.25, 0.3) is 0 Å². The summed E-state index contributed by atoms with van der Waals surface area (Å²) in [6.45, 7) is 3.62. The van der Waals surface area contributed by atoms with E-state index >= 15 is 0 Å². The van der Waals surface area contributed by atoms with Crippen LogP contribution in [-0.2, 0) is 9.47 Å². The van der Waals surface area contributed by atoms with E-state index in [9.17, 15) is 5.11 Å². The summed E-state index contributed by atoms with van der Waals surface area (Å²) >= 11 is 0. The van der Waals surface area contributed by atoms with E-state index in [-0.39, 0.29) is 0 Å². The molecule has 0 aromatic carbocycles. The summed E-state index contributed by atoms with van der Waals surface area (Å²) in [5.74, 6) is -0.477. The molecule has 1 N–H and O–H groups in total. The van der Waals surface area contributed by atoms with E-state index in [1.165, 1.54) is 0 Å². The molecule has 1 rings (SSSR count). The number of methoxy groups -OCH3 is 2. The molecule has 0 aromatic rings. The molecule has 0 aromatic heterocycles. The van der Waals surface area contributed by atoms with E-state index < -0.39 is 11.4 Å². The van der Waals surface area contributed by atoms with E-state index in [1.54, 1.807) is 14.2 Å². The Morgan fingerprint density at radius 2 is 1.93 bits per heavy atom. The maximum absolute atomic E-state index is 9.81. The quantitative estimate of drug-likeness (QED) is 0.558. The van der Waals surface area contributed by atoms with Gasteiger partial charge in [0, 0.05) is 27.1 Å². The first-order valence-corrected chi connectivity index (χ1v) is 4.96. The molecule has 0 saturated heterocycles. The first-order chi connectivity index (χ1) is 6.43. The highest BCUT2D eigenvalue weighted by atomic mass is 16.7. The average molecular weight is 200 g/mol. The molecule has 0 amide bonds. The van der Waals surface area contributed by atoms with Crippen molar-refractivity contribution in [3.63, 3.8) is 0 Å². The van der Waals surface area contributed by atoms with Crippen molar-refractivity contribution >= 4 is 0 Å². The second kappa shape index (κ2) is 4.01. The highest BCUT2D eigenvalue weighted by molar-refractivity contribution is 5.17. The molecule has 3 heteroatoms. The molecule has 14 heavy (non-hydrogen) atoms. The predicted octanol–water partition coefficient (Wildman–Crippen LogP) is 1.86. The van der Waals surface area contributed by atoms with Crippen LogP contribution in [0.3, 0.4) is 0 Å². The van der Waals surface area contributed by atoms with Crippen molar-refractivity contribution in [3.05, 3.63) is 11.6 Å². The third-order valence-electron chi connectivity index (χ3n) is 2.96. The summed E-state index contributed by atoms with van der Waals surface area (Å²) in [7, 11) is 3.32. The maximum atomic E-state index is 9.81. The Kier molecular flexibility index (Phi) is 3.35. The van der Waals surface area contributed by atoms with E-state index in [2.05, 4.69) is 0 Å². The van der Waals surface area contributed by atoms with Crippen LogP contribution in [0.1, 0.15) is 33.1 Å².